The van der Waals surface area contributed by atoms with E-state index in [2.05, 4.69) is 0 Å². The van der Waals surface area contributed by atoms with Crippen LogP contribution in [0.4, 0.5) is 0 Å². The molecule has 138 valence electrons. The lowest BCUT2D eigenvalue weighted by Gasteiger charge is -2.12. The van der Waals surface area contributed by atoms with Gasteiger partial charge in [-0.05, 0) is 50.2 Å². The SMILES string of the molecule is CCOc1ccc(C(=O)OCC(=O)c2cc(Cl)ccc2Cl)cc1OCC. The van der Waals surface area contributed by atoms with E-state index >= 15 is 0 Å². The highest BCUT2D eigenvalue weighted by Gasteiger charge is 2.16. The minimum Gasteiger partial charge on any atom is -0.490 e. The summed E-state index contributed by atoms with van der Waals surface area (Å²) in [5.41, 5.74) is 0.454. The van der Waals surface area contributed by atoms with E-state index in [9.17, 15) is 9.59 Å². The molecule has 0 amide bonds. The van der Waals surface area contributed by atoms with Crippen LogP contribution in [0, 0.1) is 0 Å². The number of Topliss-reactive ketones (excluding diaryl/α,β-unsaturated/α-hetero) is 1. The maximum atomic E-state index is 12.2. The molecule has 0 aliphatic carbocycles. The van der Waals surface area contributed by atoms with Crippen molar-refractivity contribution in [3.05, 3.63) is 57.6 Å². The lowest BCUT2D eigenvalue weighted by molar-refractivity contribution is 0.0474. The van der Waals surface area contributed by atoms with E-state index in [4.69, 9.17) is 37.4 Å². The Kier molecular flexibility index (Phi) is 7.30. The van der Waals surface area contributed by atoms with Gasteiger partial charge >= 0.3 is 5.97 Å². The van der Waals surface area contributed by atoms with Crippen LogP contribution in [0.2, 0.25) is 10.0 Å². The summed E-state index contributed by atoms with van der Waals surface area (Å²) in [5.74, 6) is -0.122. The molecular weight excluding hydrogens is 379 g/mol. The molecule has 0 atom stereocenters. The number of rotatable bonds is 8. The van der Waals surface area contributed by atoms with Gasteiger partial charge in [0.2, 0.25) is 5.78 Å². The molecule has 26 heavy (non-hydrogen) atoms. The quantitative estimate of drug-likeness (QED) is 0.472. The van der Waals surface area contributed by atoms with Crippen LogP contribution >= 0.6 is 23.2 Å². The lowest BCUT2D eigenvalue weighted by Crippen LogP contribution is -2.15. The molecule has 0 heterocycles. The van der Waals surface area contributed by atoms with Crippen molar-refractivity contribution in [2.75, 3.05) is 19.8 Å². The number of hydrogen-bond acceptors (Lipinski definition) is 5. The standard InChI is InChI=1S/C19H18Cl2O5/c1-3-24-17-8-5-12(9-18(17)25-4-2)19(23)26-11-16(22)14-10-13(20)6-7-15(14)21/h5-10H,3-4,11H2,1-2H3. The van der Waals surface area contributed by atoms with E-state index in [1.807, 2.05) is 13.8 Å². The first-order valence-electron chi connectivity index (χ1n) is 8.01. The zero-order chi connectivity index (χ0) is 19.1. The Morgan fingerprint density at radius 1 is 0.923 bits per heavy atom. The van der Waals surface area contributed by atoms with E-state index in [1.54, 1.807) is 18.2 Å². The average molecular weight is 397 g/mol. The molecule has 0 unspecified atom stereocenters. The van der Waals surface area contributed by atoms with Crippen LogP contribution in [0.1, 0.15) is 34.6 Å². The van der Waals surface area contributed by atoms with Crippen LogP contribution in [0.3, 0.4) is 0 Å². The minimum absolute atomic E-state index is 0.202. The number of carbonyl (C=O) groups is 2. The summed E-state index contributed by atoms with van der Waals surface area (Å²) < 4.78 is 16.0. The third-order valence-electron chi connectivity index (χ3n) is 3.34. The molecule has 0 spiro atoms. The van der Waals surface area contributed by atoms with Crippen molar-refractivity contribution >= 4 is 35.0 Å². The summed E-state index contributed by atoms with van der Waals surface area (Å²) in [5, 5.41) is 0.618. The van der Waals surface area contributed by atoms with E-state index in [0.717, 1.165) is 0 Å². The van der Waals surface area contributed by atoms with Crippen molar-refractivity contribution in [2.24, 2.45) is 0 Å². The third kappa shape index (κ3) is 5.13. The van der Waals surface area contributed by atoms with E-state index < -0.39 is 18.4 Å². The van der Waals surface area contributed by atoms with E-state index in [0.29, 0.717) is 29.7 Å². The fraction of sp³-hybridized carbons (Fsp3) is 0.263. The van der Waals surface area contributed by atoms with Crippen LogP contribution in [0.15, 0.2) is 36.4 Å². The van der Waals surface area contributed by atoms with Crippen LogP contribution in [-0.4, -0.2) is 31.6 Å². The Bertz CT molecular complexity index is 805. The van der Waals surface area contributed by atoms with Crippen molar-refractivity contribution in [1.82, 2.24) is 0 Å². The largest absolute Gasteiger partial charge is 0.490 e. The molecule has 0 aliphatic rings. The first-order valence-corrected chi connectivity index (χ1v) is 8.76. The molecule has 0 aliphatic heterocycles. The fourth-order valence-electron chi connectivity index (χ4n) is 2.18. The van der Waals surface area contributed by atoms with Gasteiger partial charge in [0.25, 0.3) is 0 Å². The number of esters is 1. The predicted octanol–water partition coefficient (Wildman–Crippen LogP) is 4.83. The van der Waals surface area contributed by atoms with Gasteiger partial charge in [-0.1, -0.05) is 23.2 Å². The Morgan fingerprint density at radius 2 is 1.62 bits per heavy atom. The number of benzene rings is 2. The summed E-state index contributed by atoms with van der Waals surface area (Å²) in [7, 11) is 0. The number of ketones is 1. The molecular formula is C19H18Cl2O5. The van der Waals surface area contributed by atoms with Gasteiger partial charge in [0.15, 0.2) is 18.1 Å². The minimum atomic E-state index is -0.652. The average Bonchev–Trinajstić information content (AvgIpc) is 2.63. The van der Waals surface area contributed by atoms with Crippen LogP contribution < -0.4 is 9.47 Å². The number of carbonyl (C=O) groups excluding carboxylic acids is 2. The molecule has 7 heteroatoms. The normalized spacial score (nSPS) is 10.3. The fourth-order valence-corrected chi connectivity index (χ4v) is 2.58. The van der Waals surface area contributed by atoms with Crippen molar-refractivity contribution in [3.8, 4) is 11.5 Å². The molecule has 0 fully saturated rings. The zero-order valence-electron chi connectivity index (χ0n) is 14.4. The second-order valence-electron chi connectivity index (χ2n) is 5.15. The highest BCUT2D eigenvalue weighted by molar-refractivity contribution is 6.36. The zero-order valence-corrected chi connectivity index (χ0v) is 15.9. The topological polar surface area (TPSA) is 61.8 Å². The van der Waals surface area contributed by atoms with E-state index in [1.165, 1.54) is 18.2 Å². The monoisotopic (exact) mass is 396 g/mol. The second-order valence-corrected chi connectivity index (χ2v) is 5.99. The Hall–Kier alpha value is -2.24. The summed E-state index contributed by atoms with van der Waals surface area (Å²) in [4.78, 5) is 24.4. The Labute approximate surface area is 161 Å². The van der Waals surface area contributed by atoms with Gasteiger partial charge in [-0.2, -0.15) is 0 Å². The van der Waals surface area contributed by atoms with Crippen LogP contribution in [-0.2, 0) is 4.74 Å². The smallest absolute Gasteiger partial charge is 0.338 e. The molecule has 0 N–H and O–H groups in total. The van der Waals surface area contributed by atoms with Crippen molar-refractivity contribution < 1.29 is 23.8 Å². The van der Waals surface area contributed by atoms with Gasteiger partial charge < -0.3 is 14.2 Å². The Morgan fingerprint density at radius 3 is 2.31 bits per heavy atom. The number of halogens is 2. The maximum Gasteiger partial charge on any atom is 0.338 e. The number of ether oxygens (including phenoxy) is 3. The van der Waals surface area contributed by atoms with Crippen LogP contribution in [0.5, 0.6) is 11.5 Å². The molecule has 0 saturated carbocycles. The maximum absolute atomic E-state index is 12.2. The second kappa shape index (κ2) is 9.46. The first-order chi connectivity index (χ1) is 12.5. The summed E-state index contributed by atoms with van der Waals surface area (Å²) in [6.07, 6.45) is 0. The molecule has 0 radical (unpaired) electrons. The predicted molar refractivity (Wildman–Crippen MR) is 99.9 cm³/mol. The van der Waals surface area contributed by atoms with Gasteiger partial charge in [0.1, 0.15) is 0 Å². The molecule has 2 aromatic rings. The molecule has 0 aromatic heterocycles. The van der Waals surface area contributed by atoms with Gasteiger partial charge in [-0.3, -0.25) is 4.79 Å². The summed E-state index contributed by atoms with van der Waals surface area (Å²) in [6, 6.07) is 9.22. The number of hydrogen-bond donors (Lipinski definition) is 0. The van der Waals surface area contributed by atoms with Gasteiger partial charge in [-0.15, -0.1) is 0 Å². The van der Waals surface area contributed by atoms with Gasteiger partial charge in [0, 0.05) is 10.6 Å². The highest BCUT2D eigenvalue weighted by Crippen LogP contribution is 2.29. The van der Waals surface area contributed by atoms with Crippen molar-refractivity contribution in [1.29, 1.82) is 0 Å². The summed E-state index contributed by atoms with van der Waals surface area (Å²) >= 11 is 11.8. The lowest BCUT2D eigenvalue weighted by atomic mass is 10.1. The highest BCUT2D eigenvalue weighted by atomic mass is 35.5. The van der Waals surface area contributed by atoms with E-state index in [-0.39, 0.29) is 16.1 Å². The van der Waals surface area contributed by atoms with Crippen LogP contribution in [0.25, 0.3) is 0 Å². The van der Waals surface area contributed by atoms with Crippen molar-refractivity contribution in [2.45, 2.75) is 13.8 Å². The molecule has 5 nitrogen and oxygen atoms in total. The Balaban J connectivity index is 2.08. The van der Waals surface area contributed by atoms with Gasteiger partial charge in [0.05, 0.1) is 23.8 Å². The third-order valence-corrected chi connectivity index (χ3v) is 3.91. The summed E-state index contributed by atoms with van der Waals surface area (Å²) in [6.45, 7) is 4.12. The first kappa shape index (κ1) is 20.1. The molecule has 2 rings (SSSR count). The van der Waals surface area contributed by atoms with Crippen molar-refractivity contribution in [3.63, 3.8) is 0 Å². The molecule has 0 saturated heterocycles. The molecule has 2 aromatic carbocycles. The van der Waals surface area contributed by atoms with Gasteiger partial charge in [-0.25, -0.2) is 4.79 Å². The molecule has 0 bridgehead atoms.